The first-order valence-corrected chi connectivity index (χ1v) is 9.66. The van der Waals surface area contributed by atoms with E-state index in [1.807, 2.05) is 0 Å². The topological polar surface area (TPSA) is 62.7 Å². The molecule has 0 radical (unpaired) electrons. The summed E-state index contributed by atoms with van der Waals surface area (Å²) in [6, 6.07) is 4.34. The SMILES string of the molecule is FC(F)(F)c1cc(-c2nsc(NCCNc3cccc(C(F)(F)F)n3)n2)cc(C(F)(F)F)c1. The van der Waals surface area contributed by atoms with Crippen molar-refractivity contribution in [2.24, 2.45) is 0 Å². The van der Waals surface area contributed by atoms with Crippen LogP contribution in [-0.4, -0.2) is 27.4 Å². The minimum atomic E-state index is -5.00. The van der Waals surface area contributed by atoms with Crippen LogP contribution in [-0.2, 0) is 18.5 Å². The van der Waals surface area contributed by atoms with Crippen LogP contribution < -0.4 is 10.6 Å². The van der Waals surface area contributed by atoms with Crippen LogP contribution in [0.15, 0.2) is 36.4 Å². The third-order valence-corrected chi connectivity index (χ3v) is 4.69. The molecule has 0 aliphatic heterocycles. The smallest absolute Gasteiger partial charge is 0.368 e. The van der Waals surface area contributed by atoms with Crippen molar-refractivity contribution in [3.63, 3.8) is 0 Å². The van der Waals surface area contributed by atoms with E-state index in [2.05, 4.69) is 25.0 Å². The molecule has 0 bridgehead atoms. The van der Waals surface area contributed by atoms with E-state index in [0.717, 1.165) is 6.07 Å². The predicted molar refractivity (Wildman–Crippen MR) is 102 cm³/mol. The van der Waals surface area contributed by atoms with Gasteiger partial charge in [0, 0.05) is 30.2 Å². The molecule has 33 heavy (non-hydrogen) atoms. The average molecular weight is 501 g/mol. The van der Waals surface area contributed by atoms with E-state index in [1.54, 1.807) is 0 Å². The summed E-state index contributed by atoms with van der Waals surface area (Å²) in [7, 11) is 0. The van der Waals surface area contributed by atoms with Gasteiger partial charge >= 0.3 is 18.5 Å². The molecule has 5 nitrogen and oxygen atoms in total. The second kappa shape index (κ2) is 9.03. The van der Waals surface area contributed by atoms with Crippen molar-refractivity contribution in [3.05, 3.63) is 53.2 Å². The largest absolute Gasteiger partial charge is 0.433 e. The second-order valence-electron chi connectivity index (χ2n) is 6.48. The Hall–Kier alpha value is -3.10. The molecule has 1 aromatic carbocycles. The molecule has 2 heterocycles. The van der Waals surface area contributed by atoms with Crippen LogP contribution in [0.25, 0.3) is 11.4 Å². The van der Waals surface area contributed by atoms with Gasteiger partial charge in [-0.1, -0.05) is 6.07 Å². The number of aromatic nitrogens is 3. The molecule has 0 unspecified atom stereocenters. The minimum absolute atomic E-state index is 0.00250. The summed E-state index contributed by atoms with van der Waals surface area (Å²) in [6.07, 6.45) is -14.6. The number of nitrogens with one attached hydrogen (secondary N) is 2. The van der Waals surface area contributed by atoms with Crippen LogP contribution in [0.3, 0.4) is 0 Å². The van der Waals surface area contributed by atoms with Crippen molar-refractivity contribution >= 4 is 22.5 Å². The summed E-state index contributed by atoms with van der Waals surface area (Å²) in [4.78, 5) is 7.30. The number of pyridine rings is 1. The third-order valence-electron chi connectivity index (χ3n) is 4.02. The van der Waals surface area contributed by atoms with Crippen molar-refractivity contribution in [1.82, 2.24) is 14.3 Å². The molecule has 3 rings (SSSR count). The van der Waals surface area contributed by atoms with Gasteiger partial charge in [0.15, 0.2) is 5.82 Å². The number of halogens is 9. The monoisotopic (exact) mass is 501 g/mol. The van der Waals surface area contributed by atoms with Gasteiger partial charge in [-0.15, -0.1) is 0 Å². The molecule has 0 saturated heterocycles. The fraction of sp³-hybridized carbons (Fsp3) is 0.278. The highest BCUT2D eigenvalue weighted by molar-refractivity contribution is 7.09. The Kier molecular flexibility index (Phi) is 6.72. The highest BCUT2D eigenvalue weighted by Crippen LogP contribution is 2.38. The molecule has 0 aliphatic carbocycles. The fourth-order valence-electron chi connectivity index (χ4n) is 2.55. The van der Waals surface area contributed by atoms with Crippen molar-refractivity contribution < 1.29 is 39.5 Å². The van der Waals surface area contributed by atoms with Crippen molar-refractivity contribution in [2.45, 2.75) is 18.5 Å². The first kappa shape index (κ1) is 24.5. The Morgan fingerprint density at radius 2 is 1.33 bits per heavy atom. The number of hydrogen-bond acceptors (Lipinski definition) is 6. The fourth-order valence-corrected chi connectivity index (χ4v) is 3.16. The molecule has 3 aromatic rings. The van der Waals surface area contributed by atoms with Gasteiger partial charge in [-0.25, -0.2) is 4.98 Å². The van der Waals surface area contributed by atoms with E-state index in [1.165, 1.54) is 12.1 Å². The number of alkyl halides is 9. The highest BCUT2D eigenvalue weighted by Gasteiger charge is 2.37. The molecule has 0 fully saturated rings. The third kappa shape index (κ3) is 6.46. The lowest BCUT2D eigenvalue weighted by molar-refractivity contribution is -0.143. The van der Waals surface area contributed by atoms with E-state index in [9.17, 15) is 39.5 Å². The molecule has 2 N–H and O–H groups in total. The maximum atomic E-state index is 13.0. The van der Waals surface area contributed by atoms with E-state index in [-0.39, 0.29) is 35.9 Å². The standard InChI is InChI=1S/C18H12F9N5S/c19-16(20,21)10-6-9(7-11(8-10)17(22,23)24)14-31-15(33-32-14)29-5-4-28-13-3-1-2-12(30-13)18(25,26)27/h1-3,6-8H,4-5H2,(H,28,30)(H,29,31,32). The molecule has 0 amide bonds. The Morgan fingerprint density at radius 3 is 1.91 bits per heavy atom. The number of hydrogen-bond donors (Lipinski definition) is 2. The van der Waals surface area contributed by atoms with Crippen LogP contribution in [0.4, 0.5) is 50.5 Å². The van der Waals surface area contributed by atoms with Crippen LogP contribution in [0.1, 0.15) is 16.8 Å². The Balaban J connectivity index is 1.67. The Morgan fingerprint density at radius 1 is 0.727 bits per heavy atom. The molecular weight excluding hydrogens is 489 g/mol. The summed E-state index contributed by atoms with van der Waals surface area (Å²) in [5.74, 6) is -0.375. The first-order chi connectivity index (χ1) is 15.2. The number of anilines is 2. The maximum Gasteiger partial charge on any atom is 0.433 e. The maximum absolute atomic E-state index is 13.0. The van der Waals surface area contributed by atoms with Gasteiger partial charge in [0.1, 0.15) is 11.5 Å². The molecule has 15 heteroatoms. The van der Waals surface area contributed by atoms with E-state index in [4.69, 9.17) is 0 Å². The molecule has 178 valence electrons. The lowest BCUT2D eigenvalue weighted by atomic mass is 10.0. The zero-order chi connectivity index (χ0) is 24.4. The lowest BCUT2D eigenvalue weighted by Gasteiger charge is -2.13. The van der Waals surface area contributed by atoms with Crippen molar-refractivity contribution in [1.29, 1.82) is 0 Å². The van der Waals surface area contributed by atoms with Crippen LogP contribution >= 0.6 is 11.5 Å². The predicted octanol–water partition coefficient (Wildman–Crippen LogP) is 6.18. The number of benzene rings is 1. The van der Waals surface area contributed by atoms with Gasteiger partial charge < -0.3 is 10.6 Å². The van der Waals surface area contributed by atoms with E-state index < -0.39 is 40.9 Å². The molecule has 0 saturated carbocycles. The molecule has 0 atom stereocenters. The van der Waals surface area contributed by atoms with Gasteiger partial charge in [-0.3, -0.25) is 0 Å². The zero-order valence-corrected chi connectivity index (χ0v) is 16.8. The van der Waals surface area contributed by atoms with E-state index >= 15 is 0 Å². The Labute approximate surface area is 183 Å². The lowest BCUT2D eigenvalue weighted by Crippen LogP contribution is -2.15. The molecule has 0 spiro atoms. The average Bonchev–Trinajstić information content (AvgIpc) is 3.18. The van der Waals surface area contributed by atoms with Crippen LogP contribution in [0.2, 0.25) is 0 Å². The minimum Gasteiger partial charge on any atom is -0.368 e. The molecule has 0 aliphatic rings. The summed E-state index contributed by atoms with van der Waals surface area (Å²) in [5, 5.41) is 5.47. The molecule has 2 aromatic heterocycles. The summed E-state index contributed by atoms with van der Waals surface area (Å²) >= 11 is 0.696. The van der Waals surface area contributed by atoms with Gasteiger partial charge in [0.25, 0.3) is 0 Å². The summed E-state index contributed by atoms with van der Waals surface area (Å²) in [6.45, 7) is 0.188. The normalized spacial score (nSPS) is 12.6. The van der Waals surface area contributed by atoms with Gasteiger partial charge in [-0.05, 0) is 30.3 Å². The van der Waals surface area contributed by atoms with Crippen LogP contribution in [0, 0.1) is 0 Å². The van der Waals surface area contributed by atoms with Crippen molar-refractivity contribution in [2.75, 3.05) is 23.7 Å². The molecular formula is C18H12F9N5S. The quantitative estimate of drug-likeness (QED) is 0.312. The zero-order valence-electron chi connectivity index (χ0n) is 16.0. The van der Waals surface area contributed by atoms with Gasteiger partial charge in [-0.2, -0.15) is 48.9 Å². The van der Waals surface area contributed by atoms with E-state index in [0.29, 0.717) is 23.7 Å². The number of rotatable bonds is 6. The summed E-state index contributed by atoms with van der Waals surface area (Å²) in [5.41, 5.74) is -4.52. The van der Waals surface area contributed by atoms with Gasteiger partial charge in [0.05, 0.1) is 11.1 Å². The highest BCUT2D eigenvalue weighted by atomic mass is 32.1. The van der Waals surface area contributed by atoms with Gasteiger partial charge in [0.2, 0.25) is 5.13 Å². The van der Waals surface area contributed by atoms with Crippen molar-refractivity contribution in [3.8, 4) is 11.4 Å². The first-order valence-electron chi connectivity index (χ1n) is 8.89. The van der Waals surface area contributed by atoms with Crippen LogP contribution in [0.5, 0.6) is 0 Å². The second-order valence-corrected chi connectivity index (χ2v) is 7.23. The number of nitrogens with zero attached hydrogens (tertiary/aromatic N) is 3. The summed E-state index contributed by atoms with van der Waals surface area (Å²) < 4.78 is 120. The Bertz CT molecular complexity index is 1070.